The Balaban J connectivity index is 2.47. The molecule has 0 atom stereocenters. The Hall–Kier alpha value is -2.12. The molecule has 2 fully saturated rings. The van der Waals surface area contributed by atoms with Crippen molar-refractivity contribution in [2.75, 3.05) is 13.2 Å². The van der Waals surface area contributed by atoms with Crippen molar-refractivity contribution in [1.82, 2.24) is 9.80 Å². The highest BCUT2D eigenvalue weighted by molar-refractivity contribution is 5.98. The van der Waals surface area contributed by atoms with Crippen molar-refractivity contribution < 1.29 is 28.7 Å². The van der Waals surface area contributed by atoms with E-state index in [1.165, 1.54) is 0 Å². The number of hydrogen-bond donors (Lipinski definition) is 0. The molecule has 0 unspecified atom stereocenters. The van der Waals surface area contributed by atoms with Crippen molar-refractivity contribution >= 4 is 24.0 Å². The average Bonchev–Trinajstić information content (AvgIpc) is 2.69. The fourth-order valence-corrected chi connectivity index (χ4v) is 2.07. The third-order valence-electron chi connectivity index (χ3n) is 2.68. The summed E-state index contributed by atoms with van der Waals surface area (Å²) in [5, 5.41) is 0. The van der Waals surface area contributed by atoms with Crippen LogP contribution in [-0.2, 0) is 19.1 Å². The smallest absolute Gasteiger partial charge is 0.418 e. The Bertz CT molecular complexity index is 391. The molecule has 4 amide bonds. The van der Waals surface area contributed by atoms with E-state index in [9.17, 15) is 19.2 Å². The number of rotatable bonds is 0. The van der Waals surface area contributed by atoms with Crippen molar-refractivity contribution in [1.29, 1.82) is 0 Å². The van der Waals surface area contributed by atoms with Gasteiger partial charge in [-0.1, -0.05) is 0 Å². The van der Waals surface area contributed by atoms with Crippen LogP contribution in [-0.4, -0.2) is 52.7 Å². The molecule has 2 aliphatic rings. The Morgan fingerprint density at radius 2 is 1.35 bits per heavy atom. The quantitative estimate of drug-likeness (QED) is 0.578. The first-order chi connectivity index (χ1) is 7.90. The van der Waals surface area contributed by atoms with E-state index in [4.69, 9.17) is 9.47 Å². The fourth-order valence-electron chi connectivity index (χ4n) is 2.07. The highest BCUT2D eigenvalue weighted by Crippen LogP contribution is 2.34. The lowest BCUT2D eigenvalue weighted by Crippen LogP contribution is -2.61. The van der Waals surface area contributed by atoms with Crippen molar-refractivity contribution in [3.8, 4) is 0 Å². The van der Waals surface area contributed by atoms with Gasteiger partial charge in [-0.25, -0.2) is 19.4 Å². The minimum atomic E-state index is -1.47. The third-order valence-corrected chi connectivity index (χ3v) is 2.68. The molecule has 1 spiro atoms. The summed E-state index contributed by atoms with van der Waals surface area (Å²) < 4.78 is 9.47. The summed E-state index contributed by atoms with van der Waals surface area (Å²) in [6, 6.07) is 0. The van der Waals surface area contributed by atoms with E-state index in [1.54, 1.807) is 0 Å². The van der Waals surface area contributed by atoms with Gasteiger partial charge >= 0.3 is 12.2 Å². The van der Waals surface area contributed by atoms with Gasteiger partial charge in [0.05, 0.1) is 0 Å². The predicted molar refractivity (Wildman–Crippen MR) is 50.5 cm³/mol. The highest BCUT2D eigenvalue weighted by atomic mass is 16.6. The molecule has 0 aromatic rings. The van der Waals surface area contributed by atoms with E-state index in [0.29, 0.717) is 0 Å². The van der Waals surface area contributed by atoms with E-state index < -0.39 is 29.7 Å². The topological polar surface area (TPSA) is 93.2 Å². The summed E-state index contributed by atoms with van der Waals surface area (Å²) in [5.41, 5.74) is -1.47. The molecule has 8 nitrogen and oxygen atoms in total. The summed E-state index contributed by atoms with van der Waals surface area (Å²) in [7, 11) is 0. The molecule has 0 aromatic heterocycles. The van der Waals surface area contributed by atoms with Gasteiger partial charge < -0.3 is 9.47 Å². The van der Waals surface area contributed by atoms with Crippen LogP contribution in [0.2, 0.25) is 0 Å². The van der Waals surface area contributed by atoms with Gasteiger partial charge in [0.2, 0.25) is 17.5 Å². The molecule has 0 aromatic carbocycles. The summed E-state index contributed by atoms with van der Waals surface area (Å²) in [6.07, 6.45) is -1.77. The van der Waals surface area contributed by atoms with Crippen LogP contribution in [0, 0.1) is 0 Å². The maximum Gasteiger partial charge on any atom is 0.418 e. The number of cyclic esters (lactones) is 2. The van der Waals surface area contributed by atoms with Crippen molar-refractivity contribution in [3.05, 3.63) is 0 Å². The first kappa shape index (κ1) is 11.4. The third kappa shape index (κ3) is 1.37. The molecular formula is C9H10N2O6. The molecule has 8 heteroatoms. The summed E-state index contributed by atoms with van der Waals surface area (Å²) in [6.45, 7) is 1.76. The van der Waals surface area contributed by atoms with E-state index in [-0.39, 0.29) is 13.2 Å². The second-order valence-electron chi connectivity index (χ2n) is 3.80. The predicted octanol–water partition coefficient (Wildman–Crippen LogP) is -0.320. The van der Waals surface area contributed by atoms with Crippen molar-refractivity contribution in [2.45, 2.75) is 19.5 Å². The largest absolute Gasteiger partial charge is 0.444 e. The highest BCUT2D eigenvalue weighted by Gasteiger charge is 2.62. The van der Waals surface area contributed by atoms with E-state index in [0.717, 1.165) is 23.6 Å². The summed E-state index contributed by atoms with van der Waals surface area (Å²) in [5.74, 6) is -1.23. The zero-order chi connectivity index (χ0) is 12.8. The molecule has 92 valence electrons. The number of ether oxygens (including phenoxy) is 2. The maximum atomic E-state index is 11.4. The Morgan fingerprint density at radius 3 is 1.65 bits per heavy atom. The van der Waals surface area contributed by atoms with Crippen LogP contribution in [0.3, 0.4) is 0 Å². The van der Waals surface area contributed by atoms with Gasteiger partial charge in [-0.05, 0) is 0 Å². The summed E-state index contributed by atoms with van der Waals surface area (Å²) in [4.78, 5) is 47.2. The second kappa shape index (κ2) is 3.44. The molecular weight excluding hydrogens is 232 g/mol. The molecule has 0 saturated carbocycles. The van der Waals surface area contributed by atoms with E-state index >= 15 is 0 Å². The molecule has 2 saturated heterocycles. The molecule has 2 heterocycles. The van der Waals surface area contributed by atoms with Gasteiger partial charge in [0.1, 0.15) is 13.2 Å². The first-order valence-electron chi connectivity index (χ1n) is 4.85. The van der Waals surface area contributed by atoms with Crippen LogP contribution in [0.25, 0.3) is 0 Å². The standard InChI is InChI=1S/C9H10N2O6/c1-5(12)10-7(14)16-3-9(10)4-17-8(15)11(9)6(2)13/h3-4H2,1-2H3. The lowest BCUT2D eigenvalue weighted by atomic mass is 10.1. The number of carbonyl (C=O) groups excluding carboxylic acids is 4. The second-order valence-corrected chi connectivity index (χ2v) is 3.80. The number of amides is 4. The zero-order valence-electron chi connectivity index (χ0n) is 9.26. The van der Waals surface area contributed by atoms with Gasteiger partial charge in [-0.3, -0.25) is 9.59 Å². The number of hydrogen-bond acceptors (Lipinski definition) is 6. The van der Waals surface area contributed by atoms with Gasteiger partial charge in [-0.2, -0.15) is 0 Å². The minimum Gasteiger partial charge on any atom is -0.444 e. The molecule has 2 rings (SSSR count). The Kier molecular flexibility index (Phi) is 2.30. The Labute approximate surface area is 96.0 Å². The lowest BCUT2D eigenvalue weighted by molar-refractivity contribution is -0.140. The van der Waals surface area contributed by atoms with Crippen molar-refractivity contribution in [3.63, 3.8) is 0 Å². The van der Waals surface area contributed by atoms with Gasteiger partial charge in [-0.15, -0.1) is 0 Å². The zero-order valence-corrected chi connectivity index (χ0v) is 9.26. The van der Waals surface area contributed by atoms with Gasteiger partial charge in [0.15, 0.2) is 0 Å². The maximum absolute atomic E-state index is 11.4. The molecule has 0 N–H and O–H groups in total. The molecule has 2 aliphatic heterocycles. The summed E-state index contributed by atoms with van der Waals surface area (Å²) >= 11 is 0. The van der Waals surface area contributed by atoms with Crippen LogP contribution < -0.4 is 0 Å². The number of nitrogens with zero attached hydrogens (tertiary/aromatic N) is 2. The molecule has 0 bridgehead atoms. The number of imide groups is 2. The van der Waals surface area contributed by atoms with Crippen LogP contribution in [0.15, 0.2) is 0 Å². The molecule has 17 heavy (non-hydrogen) atoms. The minimum absolute atomic E-state index is 0.267. The van der Waals surface area contributed by atoms with Crippen molar-refractivity contribution in [2.24, 2.45) is 0 Å². The first-order valence-corrected chi connectivity index (χ1v) is 4.85. The van der Waals surface area contributed by atoms with Gasteiger partial charge in [0, 0.05) is 13.8 Å². The van der Waals surface area contributed by atoms with E-state index in [1.807, 2.05) is 0 Å². The van der Waals surface area contributed by atoms with Crippen LogP contribution in [0.5, 0.6) is 0 Å². The van der Waals surface area contributed by atoms with Crippen LogP contribution in [0.4, 0.5) is 9.59 Å². The lowest BCUT2D eigenvalue weighted by Gasteiger charge is -2.32. The normalized spacial score (nSPS) is 21.8. The molecule has 0 radical (unpaired) electrons. The SMILES string of the molecule is CC(=O)N1C(=O)OCC12COC(=O)N2C(C)=O. The van der Waals surface area contributed by atoms with E-state index in [2.05, 4.69) is 0 Å². The monoisotopic (exact) mass is 242 g/mol. The Morgan fingerprint density at radius 1 is 1.00 bits per heavy atom. The molecule has 0 aliphatic carbocycles. The average molecular weight is 242 g/mol. The number of carbonyl (C=O) groups is 4. The van der Waals surface area contributed by atoms with Gasteiger partial charge in [0.25, 0.3) is 0 Å². The van der Waals surface area contributed by atoms with Crippen LogP contribution >= 0.6 is 0 Å². The van der Waals surface area contributed by atoms with Crippen LogP contribution in [0.1, 0.15) is 13.8 Å². The fraction of sp³-hybridized carbons (Fsp3) is 0.556.